The van der Waals surface area contributed by atoms with Crippen molar-refractivity contribution in [2.45, 2.75) is 41.0 Å². The van der Waals surface area contributed by atoms with E-state index in [1.165, 1.54) is 5.56 Å². The van der Waals surface area contributed by atoms with Gasteiger partial charge in [0.15, 0.2) is 0 Å². The Kier molecular flexibility index (Phi) is 5.36. The Labute approximate surface area is 161 Å². The van der Waals surface area contributed by atoms with Crippen molar-refractivity contribution in [3.05, 3.63) is 58.7 Å². The second-order valence-corrected chi connectivity index (χ2v) is 7.63. The van der Waals surface area contributed by atoms with Crippen LogP contribution < -0.4 is 10.2 Å². The first-order valence-corrected chi connectivity index (χ1v) is 9.58. The van der Waals surface area contributed by atoms with E-state index in [0.29, 0.717) is 13.0 Å². The van der Waals surface area contributed by atoms with Gasteiger partial charge in [-0.1, -0.05) is 29.8 Å². The number of nitrogens with zero attached hydrogens (tertiary/aromatic N) is 1. The summed E-state index contributed by atoms with van der Waals surface area (Å²) in [6.07, 6.45) is 0.622. The largest absolute Gasteiger partial charge is 0.325 e. The third kappa shape index (κ3) is 4.05. The quantitative estimate of drug-likeness (QED) is 0.846. The number of nitrogens with one attached hydrogen (secondary N) is 1. The SMILES string of the molecule is CCN(C(=O)C1CC1C(=O)Nc1c(C)cc(C)cc1C)c1cccc(C)c1. The second kappa shape index (κ2) is 7.55. The van der Waals surface area contributed by atoms with Crippen LogP contribution >= 0.6 is 0 Å². The minimum Gasteiger partial charge on any atom is -0.325 e. The van der Waals surface area contributed by atoms with E-state index in [2.05, 4.69) is 17.4 Å². The van der Waals surface area contributed by atoms with Gasteiger partial charge in [0.25, 0.3) is 0 Å². The number of carbonyl (C=O) groups excluding carboxylic acids is 2. The lowest BCUT2D eigenvalue weighted by molar-refractivity contribution is -0.123. The Hall–Kier alpha value is -2.62. The summed E-state index contributed by atoms with van der Waals surface area (Å²) in [7, 11) is 0. The molecule has 4 heteroatoms. The van der Waals surface area contributed by atoms with Crippen LogP contribution in [0.3, 0.4) is 0 Å². The van der Waals surface area contributed by atoms with E-state index in [1.807, 2.05) is 58.9 Å². The van der Waals surface area contributed by atoms with E-state index in [1.54, 1.807) is 4.90 Å². The van der Waals surface area contributed by atoms with Crippen LogP contribution in [0.4, 0.5) is 11.4 Å². The zero-order chi connectivity index (χ0) is 19.7. The molecule has 1 aliphatic rings. The standard InChI is InChI=1S/C23H28N2O2/c1-6-25(18-9-7-8-14(2)12-18)23(27)20-13-19(20)22(26)24-21-16(4)10-15(3)11-17(21)5/h7-12,19-20H,6,13H2,1-5H3,(H,24,26). The maximum Gasteiger partial charge on any atom is 0.230 e. The summed E-state index contributed by atoms with van der Waals surface area (Å²) < 4.78 is 0. The van der Waals surface area contributed by atoms with Gasteiger partial charge in [0.05, 0.1) is 11.8 Å². The van der Waals surface area contributed by atoms with Crippen molar-refractivity contribution in [2.24, 2.45) is 11.8 Å². The predicted octanol–water partition coefficient (Wildman–Crippen LogP) is 4.55. The summed E-state index contributed by atoms with van der Waals surface area (Å²) in [5, 5.41) is 3.05. The van der Waals surface area contributed by atoms with Crippen LogP contribution in [0.2, 0.25) is 0 Å². The minimum atomic E-state index is -0.239. The van der Waals surface area contributed by atoms with Gasteiger partial charge in [-0.3, -0.25) is 9.59 Å². The highest BCUT2D eigenvalue weighted by Crippen LogP contribution is 2.42. The van der Waals surface area contributed by atoms with E-state index in [-0.39, 0.29) is 23.7 Å². The third-order valence-electron chi connectivity index (χ3n) is 5.27. The molecule has 1 N–H and O–H groups in total. The summed E-state index contributed by atoms with van der Waals surface area (Å²) in [4.78, 5) is 27.4. The van der Waals surface area contributed by atoms with E-state index < -0.39 is 0 Å². The van der Waals surface area contributed by atoms with Crippen molar-refractivity contribution < 1.29 is 9.59 Å². The molecule has 2 aromatic rings. The molecular weight excluding hydrogens is 336 g/mol. The molecular formula is C23H28N2O2. The first-order chi connectivity index (χ1) is 12.8. The molecule has 2 atom stereocenters. The van der Waals surface area contributed by atoms with E-state index in [4.69, 9.17) is 0 Å². The lowest BCUT2D eigenvalue weighted by Gasteiger charge is -2.21. The monoisotopic (exact) mass is 364 g/mol. The number of amides is 2. The molecule has 2 unspecified atom stereocenters. The van der Waals surface area contributed by atoms with Crippen LogP contribution in [0.5, 0.6) is 0 Å². The number of aryl methyl sites for hydroxylation is 4. The highest BCUT2D eigenvalue weighted by atomic mass is 16.2. The van der Waals surface area contributed by atoms with Crippen LogP contribution in [0.25, 0.3) is 0 Å². The Balaban J connectivity index is 1.69. The Morgan fingerprint density at radius 3 is 2.26 bits per heavy atom. The molecule has 0 saturated heterocycles. The van der Waals surface area contributed by atoms with Gasteiger partial charge in [0, 0.05) is 17.9 Å². The molecule has 0 radical (unpaired) electrons. The molecule has 0 bridgehead atoms. The molecule has 2 amide bonds. The van der Waals surface area contributed by atoms with Crippen LogP contribution in [0, 0.1) is 39.5 Å². The van der Waals surface area contributed by atoms with E-state index in [9.17, 15) is 9.59 Å². The summed E-state index contributed by atoms with van der Waals surface area (Å²) in [5.74, 6) is -0.475. The summed E-state index contributed by atoms with van der Waals surface area (Å²) in [6, 6.07) is 12.1. The molecule has 27 heavy (non-hydrogen) atoms. The van der Waals surface area contributed by atoms with E-state index in [0.717, 1.165) is 28.1 Å². The first kappa shape index (κ1) is 19.2. The molecule has 3 rings (SSSR count). The summed E-state index contributed by atoms with van der Waals surface area (Å²) in [5.41, 5.74) is 6.18. The van der Waals surface area contributed by atoms with Crippen molar-refractivity contribution in [1.29, 1.82) is 0 Å². The zero-order valence-electron chi connectivity index (χ0n) is 16.8. The Morgan fingerprint density at radius 1 is 1.00 bits per heavy atom. The maximum absolute atomic E-state index is 12.9. The number of hydrogen-bond donors (Lipinski definition) is 1. The third-order valence-corrected chi connectivity index (χ3v) is 5.27. The van der Waals surface area contributed by atoms with Crippen molar-refractivity contribution in [2.75, 3.05) is 16.8 Å². The maximum atomic E-state index is 12.9. The molecule has 1 saturated carbocycles. The molecule has 2 aromatic carbocycles. The Bertz CT molecular complexity index is 865. The minimum absolute atomic E-state index is 0.0422. The van der Waals surface area contributed by atoms with Gasteiger partial charge in [-0.15, -0.1) is 0 Å². The lowest BCUT2D eigenvalue weighted by atomic mass is 10.0. The second-order valence-electron chi connectivity index (χ2n) is 7.63. The summed E-state index contributed by atoms with van der Waals surface area (Å²) >= 11 is 0. The van der Waals surface area contributed by atoms with Crippen LogP contribution in [-0.4, -0.2) is 18.4 Å². The summed E-state index contributed by atoms with van der Waals surface area (Å²) in [6.45, 7) is 10.6. The van der Waals surface area contributed by atoms with Gasteiger partial charge in [-0.25, -0.2) is 0 Å². The number of carbonyl (C=O) groups is 2. The molecule has 4 nitrogen and oxygen atoms in total. The van der Waals surface area contributed by atoms with Gasteiger partial charge in [-0.05, 0) is 69.9 Å². The average molecular weight is 364 g/mol. The van der Waals surface area contributed by atoms with Crippen LogP contribution in [0.1, 0.15) is 35.6 Å². The topological polar surface area (TPSA) is 49.4 Å². The zero-order valence-corrected chi connectivity index (χ0v) is 16.8. The molecule has 0 aromatic heterocycles. The fraction of sp³-hybridized carbons (Fsp3) is 0.391. The van der Waals surface area contributed by atoms with E-state index >= 15 is 0 Å². The lowest BCUT2D eigenvalue weighted by Crippen LogP contribution is -2.33. The first-order valence-electron chi connectivity index (χ1n) is 9.58. The van der Waals surface area contributed by atoms with Gasteiger partial charge in [-0.2, -0.15) is 0 Å². The van der Waals surface area contributed by atoms with Gasteiger partial charge in [0.1, 0.15) is 0 Å². The van der Waals surface area contributed by atoms with Crippen molar-refractivity contribution in [1.82, 2.24) is 0 Å². The van der Waals surface area contributed by atoms with Crippen molar-refractivity contribution in [3.63, 3.8) is 0 Å². The van der Waals surface area contributed by atoms with Crippen LogP contribution in [-0.2, 0) is 9.59 Å². The fourth-order valence-corrected chi connectivity index (χ4v) is 3.81. The highest BCUT2D eigenvalue weighted by molar-refractivity contribution is 6.04. The number of rotatable bonds is 5. The predicted molar refractivity (Wildman–Crippen MR) is 110 cm³/mol. The highest BCUT2D eigenvalue weighted by Gasteiger charge is 2.49. The fourth-order valence-electron chi connectivity index (χ4n) is 3.81. The van der Waals surface area contributed by atoms with Crippen molar-refractivity contribution >= 4 is 23.2 Å². The normalized spacial score (nSPS) is 18.1. The van der Waals surface area contributed by atoms with Gasteiger partial charge >= 0.3 is 0 Å². The molecule has 0 spiro atoms. The molecule has 0 heterocycles. The average Bonchev–Trinajstić information content (AvgIpc) is 3.39. The number of hydrogen-bond acceptors (Lipinski definition) is 2. The Morgan fingerprint density at radius 2 is 1.67 bits per heavy atom. The van der Waals surface area contributed by atoms with Gasteiger partial charge in [0.2, 0.25) is 11.8 Å². The number of anilines is 2. The molecule has 1 aliphatic carbocycles. The smallest absolute Gasteiger partial charge is 0.230 e. The van der Waals surface area contributed by atoms with Crippen molar-refractivity contribution in [3.8, 4) is 0 Å². The molecule has 0 aliphatic heterocycles. The molecule has 142 valence electrons. The van der Waals surface area contributed by atoms with Crippen LogP contribution in [0.15, 0.2) is 36.4 Å². The van der Waals surface area contributed by atoms with Gasteiger partial charge < -0.3 is 10.2 Å². The molecule has 1 fully saturated rings. The number of benzene rings is 2.